The lowest BCUT2D eigenvalue weighted by Gasteiger charge is -2.28. The van der Waals surface area contributed by atoms with Crippen molar-refractivity contribution in [3.05, 3.63) is 78.1 Å². The van der Waals surface area contributed by atoms with Crippen LogP contribution in [0.25, 0.3) is 10.8 Å². The van der Waals surface area contributed by atoms with Crippen molar-refractivity contribution in [1.29, 1.82) is 0 Å². The molecule has 2 amide bonds. The van der Waals surface area contributed by atoms with Gasteiger partial charge in [-0.3, -0.25) is 9.59 Å². The van der Waals surface area contributed by atoms with E-state index in [1.54, 1.807) is 38.1 Å². The molecule has 1 N–H and O–H groups in total. The van der Waals surface area contributed by atoms with Crippen molar-refractivity contribution >= 4 is 22.6 Å². The number of rotatable bonds is 8. The van der Waals surface area contributed by atoms with Crippen molar-refractivity contribution in [3.8, 4) is 5.75 Å². The van der Waals surface area contributed by atoms with E-state index in [4.69, 9.17) is 4.74 Å². The molecule has 1 atom stereocenters. The van der Waals surface area contributed by atoms with Crippen molar-refractivity contribution in [2.45, 2.75) is 26.4 Å². The molecule has 0 bridgehead atoms. The van der Waals surface area contributed by atoms with Crippen LogP contribution in [0.2, 0.25) is 0 Å². The third-order valence-electron chi connectivity index (χ3n) is 4.92. The van der Waals surface area contributed by atoms with Gasteiger partial charge >= 0.3 is 0 Å². The summed E-state index contributed by atoms with van der Waals surface area (Å²) < 4.78 is 20.0. The van der Waals surface area contributed by atoms with Crippen LogP contribution < -0.4 is 10.1 Å². The van der Waals surface area contributed by atoms with Crippen molar-refractivity contribution in [2.75, 3.05) is 13.2 Å². The lowest BCUT2D eigenvalue weighted by molar-refractivity contribution is -0.142. The van der Waals surface area contributed by atoms with E-state index in [0.29, 0.717) is 17.9 Å². The molecule has 0 radical (unpaired) electrons. The predicted octanol–water partition coefficient (Wildman–Crippen LogP) is 3.91. The minimum Gasteiger partial charge on any atom is -0.483 e. The first-order valence-electron chi connectivity index (χ1n) is 9.92. The number of carbonyl (C=O) groups excluding carboxylic acids is 2. The number of nitrogens with zero attached hydrogens (tertiary/aromatic N) is 1. The predicted molar refractivity (Wildman–Crippen MR) is 115 cm³/mol. The Balaban J connectivity index is 1.80. The Kier molecular flexibility index (Phi) is 7.01. The van der Waals surface area contributed by atoms with Gasteiger partial charge in [-0.25, -0.2) is 4.39 Å². The SMILES string of the molecule is CCNC(=O)C(C)N(Cc1ccccc1F)C(=O)COc1cccc2ccccc12. The number of likely N-dealkylation sites (N-methyl/N-ethyl adjacent to an activating group) is 1. The van der Waals surface area contributed by atoms with Crippen molar-refractivity contribution < 1.29 is 18.7 Å². The molecule has 6 heteroatoms. The van der Waals surface area contributed by atoms with Crippen LogP contribution in [-0.2, 0) is 16.1 Å². The summed E-state index contributed by atoms with van der Waals surface area (Å²) in [4.78, 5) is 26.7. The third kappa shape index (κ3) is 4.95. The number of fused-ring (bicyclic) bond motifs is 1. The van der Waals surface area contributed by atoms with Gasteiger partial charge in [-0.1, -0.05) is 54.6 Å². The monoisotopic (exact) mass is 408 g/mol. The number of hydrogen-bond donors (Lipinski definition) is 1. The maximum Gasteiger partial charge on any atom is 0.261 e. The smallest absolute Gasteiger partial charge is 0.261 e. The molecule has 0 saturated carbocycles. The van der Waals surface area contributed by atoms with E-state index in [0.717, 1.165) is 10.8 Å². The van der Waals surface area contributed by atoms with Crippen LogP contribution in [0.3, 0.4) is 0 Å². The van der Waals surface area contributed by atoms with Gasteiger partial charge in [0.05, 0.1) is 0 Å². The summed E-state index contributed by atoms with van der Waals surface area (Å²) in [5.41, 5.74) is 0.340. The fourth-order valence-corrected chi connectivity index (χ4v) is 3.26. The molecule has 0 aliphatic heterocycles. The first kappa shape index (κ1) is 21.3. The van der Waals surface area contributed by atoms with Gasteiger partial charge < -0.3 is 15.0 Å². The van der Waals surface area contributed by atoms with E-state index in [2.05, 4.69) is 5.32 Å². The number of nitrogens with one attached hydrogen (secondary N) is 1. The van der Waals surface area contributed by atoms with Gasteiger partial charge in [-0.2, -0.15) is 0 Å². The van der Waals surface area contributed by atoms with Crippen LogP contribution in [0.5, 0.6) is 5.75 Å². The van der Waals surface area contributed by atoms with Crippen LogP contribution in [0.1, 0.15) is 19.4 Å². The van der Waals surface area contributed by atoms with Crippen LogP contribution >= 0.6 is 0 Å². The molecule has 156 valence electrons. The summed E-state index contributed by atoms with van der Waals surface area (Å²) in [6.45, 7) is 3.59. The van der Waals surface area contributed by atoms with Gasteiger partial charge in [0.2, 0.25) is 5.91 Å². The second kappa shape index (κ2) is 9.87. The lowest BCUT2D eigenvalue weighted by atomic mass is 10.1. The molecular weight excluding hydrogens is 383 g/mol. The first-order chi connectivity index (χ1) is 14.5. The zero-order valence-corrected chi connectivity index (χ0v) is 17.1. The Morgan fingerprint density at radius 3 is 2.50 bits per heavy atom. The molecule has 5 nitrogen and oxygen atoms in total. The molecule has 1 unspecified atom stereocenters. The van der Waals surface area contributed by atoms with Crippen LogP contribution in [0.15, 0.2) is 66.7 Å². The molecule has 3 aromatic carbocycles. The number of halogens is 1. The number of benzene rings is 3. The van der Waals surface area contributed by atoms with Gasteiger partial charge in [0.1, 0.15) is 17.6 Å². The summed E-state index contributed by atoms with van der Waals surface area (Å²) in [5.74, 6) is -0.538. The van der Waals surface area contributed by atoms with Crippen LogP contribution in [-0.4, -0.2) is 35.9 Å². The lowest BCUT2D eigenvalue weighted by Crippen LogP contribution is -2.49. The normalized spacial score (nSPS) is 11.7. The molecule has 0 aromatic heterocycles. The molecule has 0 saturated heterocycles. The fourth-order valence-electron chi connectivity index (χ4n) is 3.26. The van der Waals surface area contributed by atoms with Gasteiger partial charge in [-0.15, -0.1) is 0 Å². The van der Waals surface area contributed by atoms with E-state index in [1.807, 2.05) is 36.4 Å². The summed E-state index contributed by atoms with van der Waals surface area (Å²) in [6, 6.07) is 18.8. The van der Waals surface area contributed by atoms with Crippen LogP contribution in [0.4, 0.5) is 4.39 Å². The Labute approximate surface area is 175 Å². The largest absolute Gasteiger partial charge is 0.483 e. The van der Waals surface area contributed by atoms with Crippen molar-refractivity contribution in [3.63, 3.8) is 0 Å². The Hall–Kier alpha value is -3.41. The summed E-state index contributed by atoms with van der Waals surface area (Å²) >= 11 is 0. The molecule has 0 spiro atoms. The highest BCUT2D eigenvalue weighted by Gasteiger charge is 2.27. The zero-order chi connectivity index (χ0) is 21.5. The average Bonchev–Trinajstić information content (AvgIpc) is 2.76. The Morgan fingerprint density at radius 2 is 1.73 bits per heavy atom. The molecule has 0 aliphatic carbocycles. The second-order valence-electron chi connectivity index (χ2n) is 6.95. The summed E-state index contributed by atoms with van der Waals surface area (Å²) in [6.07, 6.45) is 0. The molecule has 3 aromatic rings. The second-order valence-corrected chi connectivity index (χ2v) is 6.95. The number of amides is 2. The van der Waals surface area contributed by atoms with E-state index >= 15 is 0 Å². The molecular formula is C24H25FN2O3. The van der Waals surface area contributed by atoms with E-state index in [9.17, 15) is 14.0 Å². The zero-order valence-electron chi connectivity index (χ0n) is 17.1. The highest BCUT2D eigenvalue weighted by molar-refractivity contribution is 5.90. The first-order valence-corrected chi connectivity index (χ1v) is 9.92. The standard InChI is InChI=1S/C24H25FN2O3/c1-3-26-24(29)17(2)27(15-19-10-5-7-13-21(19)25)23(28)16-30-22-14-8-11-18-9-4-6-12-20(18)22/h4-14,17H,3,15-16H2,1-2H3,(H,26,29). The number of ether oxygens (including phenoxy) is 1. The Morgan fingerprint density at radius 1 is 1.03 bits per heavy atom. The van der Waals surface area contributed by atoms with E-state index in [-0.39, 0.29) is 19.1 Å². The minimum absolute atomic E-state index is 0.0251. The highest BCUT2D eigenvalue weighted by atomic mass is 19.1. The van der Waals surface area contributed by atoms with Crippen molar-refractivity contribution in [1.82, 2.24) is 10.2 Å². The Bertz CT molecular complexity index is 1030. The van der Waals surface area contributed by atoms with Gasteiger partial charge in [0, 0.05) is 24.0 Å². The molecule has 0 aliphatic rings. The maximum absolute atomic E-state index is 14.2. The minimum atomic E-state index is -0.770. The molecule has 3 rings (SSSR count). The topological polar surface area (TPSA) is 58.6 Å². The average molecular weight is 408 g/mol. The fraction of sp³-hybridized carbons (Fsp3) is 0.250. The maximum atomic E-state index is 14.2. The van der Waals surface area contributed by atoms with Gasteiger partial charge in [0.15, 0.2) is 6.61 Å². The van der Waals surface area contributed by atoms with Crippen molar-refractivity contribution in [2.24, 2.45) is 0 Å². The van der Waals surface area contributed by atoms with Crippen LogP contribution in [0, 0.1) is 5.82 Å². The number of hydrogen-bond acceptors (Lipinski definition) is 3. The van der Waals surface area contributed by atoms with Gasteiger partial charge in [0.25, 0.3) is 5.91 Å². The van der Waals surface area contributed by atoms with E-state index in [1.165, 1.54) is 11.0 Å². The molecule has 30 heavy (non-hydrogen) atoms. The summed E-state index contributed by atoms with van der Waals surface area (Å²) in [7, 11) is 0. The number of carbonyl (C=O) groups is 2. The molecule has 0 heterocycles. The third-order valence-corrected chi connectivity index (χ3v) is 4.92. The summed E-state index contributed by atoms with van der Waals surface area (Å²) in [5, 5.41) is 4.61. The highest BCUT2D eigenvalue weighted by Crippen LogP contribution is 2.25. The van der Waals surface area contributed by atoms with E-state index < -0.39 is 17.8 Å². The molecule has 0 fully saturated rings. The quantitative estimate of drug-likeness (QED) is 0.615. The van der Waals surface area contributed by atoms with Gasteiger partial charge in [-0.05, 0) is 31.4 Å².